The maximum atomic E-state index is 9.51. The van der Waals surface area contributed by atoms with E-state index in [0.29, 0.717) is 13.1 Å². The van der Waals surface area contributed by atoms with Crippen LogP contribution in [0, 0.1) is 11.3 Å². The van der Waals surface area contributed by atoms with Crippen LogP contribution in [0.4, 0.5) is 0 Å². The Morgan fingerprint density at radius 3 is 2.38 bits per heavy atom. The maximum absolute atomic E-state index is 9.51. The second-order valence-corrected chi connectivity index (χ2v) is 4.37. The Kier molecular flexibility index (Phi) is 4.36. The van der Waals surface area contributed by atoms with E-state index >= 15 is 0 Å². The van der Waals surface area contributed by atoms with Gasteiger partial charge in [0, 0.05) is 19.0 Å². The fourth-order valence-corrected chi connectivity index (χ4v) is 1.29. The molecule has 78 valence electrons. The fraction of sp³-hybridized carbons (Fsp3) is 0.889. The van der Waals surface area contributed by atoms with E-state index in [9.17, 15) is 5.11 Å². The zero-order chi connectivity index (χ0) is 10.6. The van der Waals surface area contributed by atoms with Gasteiger partial charge in [-0.25, -0.2) is 0 Å². The average molecular weight is 187 g/mol. The lowest BCUT2D eigenvalue weighted by Gasteiger charge is -2.27. The summed E-state index contributed by atoms with van der Waals surface area (Å²) in [6.07, 6.45) is 0. The number of hydrogen-bond donors (Lipinski definition) is 3. The number of nitrogens with zero attached hydrogens (tertiary/aromatic N) is 1. The molecule has 0 fully saturated rings. The van der Waals surface area contributed by atoms with Crippen LogP contribution in [0.25, 0.3) is 0 Å². The Morgan fingerprint density at radius 2 is 2.08 bits per heavy atom. The Labute approximate surface area is 80.2 Å². The number of amidine groups is 1. The van der Waals surface area contributed by atoms with Crippen molar-refractivity contribution in [3.05, 3.63) is 0 Å². The third kappa shape index (κ3) is 6.54. The van der Waals surface area contributed by atoms with Crippen LogP contribution in [0.3, 0.4) is 0 Å². The van der Waals surface area contributed by atoms with Crippen molar-refractivity contribution >= 4 is 5.84 Å². The molecule has 0 spiro atoms. The van der Waals surface area contributed by atoms with Crippen molar-refractivity contribution < 1.29 is 5.11 Å². The molecule has 13 heavy (non-hydrogen) atoms. The maximum Gasteiger partial charge on any atom is 0.0947 e. The molecule has 4 nitrogen and oxygen atoms in total. The molecule has 1 atom stereocenters. The van der Waals surface area contributed by atoms with E-state index in [0.717, 1.165) is 0 Å². The summed E-state index contributed by atoms with van der Waals surface area (Å²) in [4.78, 5) is 1.98. The first-order chi connectivity index (χ1) is 5.72. The highest BCUT2D eigenvalue weighted by Gasteiger charge is 2.17. The molecule has 0 amide bonds. The molecular weight excluding hydrogens is 166 g/mol. The molecule has 4 N–H and O–H groups in total. The largest absolute Gasteiger partial charge is 0.389 e. The van der Waals surface area contributed by atoms with Crippen LogP contribution in [0.15, 0.2) is 0 Å². The number of likely N-dealkylation sites (N-methyl/N-ethyl adjacent to an activating group) is 1. The van der Waals surface area contributed by atoms with Crippen molar-refractivity contribution in [2.75, 3.05) is 20.1 Å². The van der Waals surface area contributed by atoms with Crippen LogP contribution in [0.1, 0.15) is 20.8 Å². The molecule has 0 saturated heterocycles. The molecular formula is C9H21N3O. The van der Waals surface area contributed by atoms with Crippen molar-refractivity contribution in [2.45, 2.75) is 26.4 Å². The molecule has 0 aromatic heterocycles. The highest BCUT2D eigenvalue weighted by Crippen LogP contribution is 2.05. The number of nitrogens with one attached hydrogen (secondary N) is 1. The Balaban J connectivity index is 3.88. The van der Waals surface area contributed by atoms with Crippen LogP contribution in [0.5, 0.6) is 0 Å². The highest BCUT2D eigenvalue weighted by molar-refractivity contribution is 5.79. The molecule has 0 radical (unpaired) electrons. The molecule has 0 aromatic rings. The minimum atomic E-state index is -0.689. The van der Waals surface area contributed by atoms with Crippen LogP contribution in [-0.4, -0.2) is 41.6 Å². The smallest absolute Gasteiger partial charge is 0.0947 e. The van der Waals surface area contributed by atoms with E-state index in [2.05, 4.69) is 0 Å². The monoisotopic (exact) mass is 187 g/mol. The van der Waals surface area contributed by atoms with Gasteiger partial charge in [0.1, 0.15) is 0 Å². The van der Waals surface area contributed by atoms with Crippen molar-refractivity contribution in [2.24, 2.45) is 11.7 Å². The lowest BCUT2D eigenvalue weighted by molar-refractivity contribution is 0.0429. The molecule has 0 aliphatic heterocycles. The summed E-state index contributed by atoms with van der Waals surface area (Å²) in [6, 6.07) is 0. The molecule has 0 rings (SSSR count). The number of nitrogens with two attached hydrogens (primary N) is 1. The zero-order valence-electron chi connectivity index (χ0n) is 8.96. The van der Waals surface area contributed by atoms with Gasteiger partial charge in [-0.2, -0.15) is 0 Å². The normalized spacial score (nSPS) is 14.6. The first-order valence-corrected chi connectivity index (χ1v) is 4.47. The van der Waals surface area contributed by atoms with E-state index < -0.39 is 5.60 Å². The predicted octanol–water partition coefficient (Wildman–Crippen LogP) is 0.261. The summed E-state index contributed by atoms with van der Waals surface area (Å²) in [7, 11) is 1.91. The first-order valence-electron chi connectivity index (χ1n) is 4.47. The Hall–Kier alpha value is -0.610. The standard InChI is InChI=1S/C9H21N3O/c1-7(8(10)11)5-12(4)6-9(2,3)13/h7,13H,5-6H2,1-4H3,(H3,10,11). The van der Waals surface area contributed by atoms with E-state index in [4.69, 9.17) is 11.1 Å². The fourth-order valence-electron chi connectivity index (χ4n) is 1.29. The lowest BCUT2D eigenvalue weighted by Crippen LogP contribution is -2.40. The first kappa shape index (κ1) is 12.4. The lowest BCUT2D eigenvalue weighted by atomic mass is 10.1. The topological polar surface area (TPSA) is 73.3 Å². The van der Waals surface area contributed by atoms with Crippen LogP contribution < -0.4 is 5.73 Å². The van der Waals surface area contributed by atoms with Gasteiger partial charge >= 0.3 is 0 Å². The third-order valence-electron chi connectivity index (χ3n) is 1.77. The van der Waals surface area contributed by atoms with Crippen molar-refractivity contribution in [1.82, 2.24) is 4.90 Å². The van der Waals surface area contributed by atoms with Crippen LogP contribution >= 0.6 is 0 Å². The van der Waals surface area contributed by atoms with Crippen LogP contribution in [-0.2, 0) is 0 Å². The number of rotatable bonds is 5. The summed E-state index contributed by atoms with van der Waals surface area (Å²) in [5.41, 5.74) is 4.65. The molecule has 0 saturated carbocycles. The summed E-state index contributed by atoms with van der Waals surface area (Å²) >= 11 is 0. The van der Waals surface area contributed by atoms with Gasteiger partial charge in [0.25, 0.3) is 0 Å². The minimum Gasteiger partial charge on any atom is -0.389 e. The summed E-state index contributed by atoms with van der Waals surface area (Å²) in [5.74, 6) is 0.245. The van der Waals surface area contributed by atoms with Gasteiger partial charge in [0.2, 0.25) is 0 Å². The predicted molar refractivity (Wildman–Crippen MR) is 54.9 cm³/mol. The van der Waals surface area contributed by atoms with Crippen molar-refractivity contribution in [3.8, 4) is 0 Å². The van der Waals surface area contributed by atoms with Gasteiger partial charge < -0.3 is 15.7 Å². The SMILES string of the molecule is CC(CN(C)CC(C)(C)O)C(=N)N. The van der Waals surface area contributed by atoms with Gasteiger partial charge in [-0.05, 0) is 20.9 Å². The van der Waals surface area contributed by atoms with Gasteiger partial charge in [0.15, 0.2) is 0 Å². The van der Waals surface area contributed by atoms with E-state index in [-0.39, 0.29) is 11.8 Å². The molecule has 0 bridgehead atoms. The second-order valence-electron chi connectivity index (χ2n) is 4.37. The van der Waals surface area contributed by atoms with Gasteiger partial charge in [-0.3, -0.25) is 5.41 Å². The molecule has 0 heterocycles. The molecule has 0 aliphatic carbocycles. The third-order valence-corrected chi connectivity index (χ3v) is 1.77. The zero-order valence-corrected chi connectivity index (χ0v) is 8.96. The minimum absolute atomic E-state index is 0.0485. The van der Waals surface area contributed by atoms with E-state index in [1.807, 2.05) is 18.9 Å². The van der Waals surface area contributed by atoms with E-state index in [1.165, 1.54) is 0 Å². The van der Waals surface area contributed by atoms with E-state index in [1.54, 1.807) is 13.8 Å². The molecule has 4 heteroatoms. The van der Waals surface area contributed by atoms with Crippen molar-refractivity contribution in [1.29, 1.82) is 5.41 Å². The Morgan fingerprint density at radius 1 is 1.62 bits per heavy atom. The highest BCUT2D eigenvalue weighted by atomic mass is 16.3. The van der Waals surface area contributed by atoms with Crippen LogP contribution in [0.2, 0.25) is 0 Å². The Bertz CT molecular complexity index is 174. The summed E-state index contributed by atoms with van der Waals surface area (Å²) in [6.45, 7) is 6.73. The van der Waals surface area contributed by atoms with Gasteiger partial charge in [0.05, 0.1) is 11.4 Å². The molecule has 0 aromatic carbocycles. The van der Waals surface area contributed by atoms with Gasteiger partial charge in [-0.15, -0.1) is 0 Å². The average Bonchev–Trinajstić information content (AvgIpc) is 1.81. The number of hydrogen-bond acceptors (Lipinski definition) is 3. The van der Waals surface area contributed by atoms with Gasteiger partial charge in [-0.1, -0.05) is 6.92 Å². The van der Waals surface area contributed by atoms with Crippen molar-refractivity contribution in [3.63, 3.8) is 0 Å². The molecule has 0 aliphatic rings. The summed E-state index contributed by atoms with van der Waals surface area (Å²) in [5, 5.41) is 16.7. The summed E-state index contributed by atoms with van der Waals surface area (Å²) < 4.78 is 0. The second kappa shape index (κ2) is 4.58. The quantitative estimate of drug-likeness (QED) is 0.427. The molecule has 1 unspecified atom stereocenters. The number of aliphatic hydroxyl groups is 1.